The average molecular weight is 306 g/mol. The van der Waals surface area contributed by atoms with E-state index in [1.165, 1.54) is 0 Å². The van der Waals surface area contributed by atoms with E-state index in [4.69, 9.17) is 34.8 Å². The quantitative estimate of drug-likeness (QED) is 0.406. The van der Waals surface area contributed by atoms with Crippen LogP contribution in [0.2, 0.25) is 0 Å². The van der Waals surface area contributed by atoms with Crippen molar-refractivity contribution in [3.63, 3.8) is 0 Å². The van der Waals surface area contributed by atoms with Gasteiger partial charge in [0.25, 0.3) is 0 Å². The molecule has 0 unspecified atom stereocenters. The van der Waals surface area contributed by atoms with Crippen LogP contribution in [0, 0.1) is 0 Å². The van der Waals surface area contributed by atoms with Crippen molar-refractivity contribution >= 4 is 101 Å². The maximum absolute atomic E-state index is 8.89. The van der Waals surface area contributed by atoms with Gasteiger partial charge in [0.05, 0.1) is 0 Å². The van der Waals surface area contributed by atoms with Crippen molar-refractivity contribution in [2.24, 2.45) is 0 Å². The number of carboxylic acids is 2. The summed E-state index contributed by atoms with van der Waals surface area (Å²) in [5.74, 6) is -2.17. The molecule has 0 aliphatic carbocycles. The normalized spacial score (nSPS) is 5.29. The van der Waals surface area contributed by atoms with Crippen LogP contribution in [-0.4, -0.2) is 101 Å². The minimum atomic E-state index is -2.33. The van der Waals surface area contributed by atoms with E-state index in [-0.39, 0.29) is 83.2 Å². The third-order valence-electron chi connectivity index (χ3n) is 0. The van der Waals surface area contributed by atoms with Gasteiger partial charge in [-0.3, -0.25) is 0 Å². The molecule has 0 rings (SSSR count). The summed E-state index contributed by atoms with van der Waals surface area (Å²) in [7, 11) is 0. The monoisotopic (exact) mass is 306 g/mol. The Morgan fingerprint density at radius 3 is 0.786 bits per heavy atom. The molecule has 9 heteroatoms. The first kappa shape index (κ1) is 29.4. The van der Waals surface area contributed by atoms with Gasteiger partial charge in [0.1, 0.15) is 0 Å². The molecule has 0 saturated carbocycles. The van der Waals surface area contributed by atoms with E-state index in [1.807, 2.05) is 0 Å². The van der Waals surface area contributed by atoms with Gasteiger partial charge in [0, 0.05) is 11.9 Å². The molecule has 0 saturated heterocycles. The fourth-order valence-corrected chi connectivity index (χ4v) is 0. The molecule has 7 nitrogen and oxygen atoms in total. The van der Waals surface area contributed by atoms with E-state index in [9.17, 15) is 0 Å². The Morgan fingerprint density at radius 1 is 0.786 bits per heavy atom. The van der Waals surface area contributed by atoms with Crippen molar-refractivity contribution in [1.82, 2.24) is 0 Å². The number of carbonyl (C=O) groups excluding carboxylic acids is 3. The molecule has 0 spiro atoms. The molecule has 0 aromatic rings. The van der Waals surface area contributed by atoms with Crippen LogP contribution in [0.25, 0.3) is 0 Å². The van der Waals surface area contributed by atoms with E-state index in [0.717, 1.165) is 13.8 Å². The third kappa shape index (κ3) is 2050. The van der Waals surface area contributed by atoms with Crippen LogP contribution in [0.1, 0.15) is 13.8 Å². The Morgan fingerprint density at radius 2 is 0.786 bits per heavy atom. The van der Waals surface area contributed by atoms with Crippen LogP contribution in [0.5, 0.6) is 0 Å². The van der Waals surface area contributed by atoms with Gasteiger partial charge in [-0.2, -0.15) is 0 Å². The number of aliphatic carboxylic acids is 2. The number of rotatable bonds is 0. The van der Waals surface area contributed by atoms with E-state index in [0.29, 0.717) is 0 Å². The van der Waals surface area contributed by atoms with Crippen molar-refractivity contribution in [3.05, 3.63) is 0 Å². The van der Waals surface area contributed by atoms with Gasteiger partial charge in [-0.15, -0.1) is 0 Å². The van der Waals surface area contributed by atoms with Crippen LogP contribution in [-0.2, 0) is 9.59 Å². The smallest absolute Gasteiger partial charge is 0.652 e. The van der Waals surface area contributed by atoms with Crippen LogP contribution in [0.4, 0.5) is 4.79 Å². The van der Waals surface area contributed by atoms with Crippen molar-refractivity contribution in [3.8, 4) is 0 Å². The number of carboxylic acid groups (broad SMARTS) is 4. The molecule has 0 fully saturated rings. The summed E-state index contributed by atoms with van der Waals surface area (Å²) >= 11 is 0. The van der Waals surface area contributed by atoms with Crippen molar-refractivity contribution in [2.75, 3.05) is 0 Å². The van der Waals surface area contributed by atoms with Gasteiger partial charge in [0.2, 0.25) is 0 Å². The molecule has 0 radical (unpaired) electrons. The molecule has 0 atom stereocenters. The summed E-state index contributed by atoms with van der Waals surface area (Å²) in [4.78, 5) is 26.1. The van der Waals surface area contributed by atoms with Gasteiger partial charge in [-0.1, -0.05) is 0 Å². The van der Waals surface area contributed by atoms with Gasteiger partial charge < -0.3 is 34.8 Å². The zero-order valence-electron chi connectivity index (χ0n) is 7.77. The van der Waals surface area contributed by atoms with Gasteiger partial charge in [-0.05, 0) is 20.0 Å². The van der Waals surface area contributed by atoms with E-state index >= 15 is 0 Å². The molecule has 0 bridgehead atoms. The molecule has 0 aromatic heterocycles. The summed E-state index contributed by atoms with van der Waals surface area (Å²) < 4.78 is 0. The molecular formula is C5H6CaO7Sr. The summed E-state index contributed by atoms with van der Waals surface area (Å²) in [5.41, 5.74) is 0. The molecule has 0 aliphatic heterocycles. The maximum atomic E-state index is 8.89. The molecule has 0 amide bonds. The topological polar surface area (TPSA) is 143 Å². The zero-order chi connectivity index (χ0) is 10.7. The summed E-state index contributed by atoms with van der Waals surface area (Å²) in [6.07, 6.45) is -2.33. The molecule has 14 heavy (non-hydrogen) atoms. The fourth-order valence-electron chi connectivity index (χ4n) is 0. The van der Waals surface area contributed by atoms with Gasteiger partial charge in [-0.25, -0.2) is 0 Å². The minimum Gasteiger partial charge on any atom is -0.652 e. The third-order valence-corrected chi connectivity index (χ3v) is 0. The molecule has 0 heterocycles. The maximum Gasteiger partial charge on any atom is 2.00 e. The van der Waals surface area contributed by atoms with E-state index in [2.05, 4.69) is 0 Å². The van der Waals surface area contributed by atoms with E-state index < -0.39 is 18.1 Å². The fraction of sp³-hybridized carbons (Fsp3) is 0.400. The van der Waals surface area contributed by atoms with Crippen LogP contribution < -0.4 is 20.4 Å². The minimum absolute atomic E-state index is 0. The van der Waals surface area contributed by atoms with Gasteiger partial charge >= 0.3 is 83.2 Å². The molecule has 72 valence electrons. The van der Waals surface area contributed by atoms with Gasteiger partial charge in [0.15, 0.2) is 0 Å². The first-order chi connectivity index (χ1) is 5.20. The predicted molar refractivity (Wildman–Crippen MR) is 38.3 cm³/mol. The molecule has 0 N–H and O–H groups in total. The first-order valence-electron chi connectivity index (χ1n) is 2.43. The molecular weight excluding hydrogens is 300 g/mol. The second-order valence-corrected chi connectivity index (χ2v) is 1.23. The largest absolute Gasteiger partial charge is 2.00 e. The van der Waals surface area contributed by atoms with Crippen LogP contribution in [0.15, 0.2) is 0 Å². The second-order valence-electron chi connectivity index (χ2n) is 1.23. The summed E-state index contributed by atoms with van der Waals surface area (Å²) in [5, 5.41) is 34.4. The molecule has 0 aliphatic rings. The Bertz CT molecular complexity index is 120. The SMILES string of the molecule is CC(=O)[O-].CC(=O)[O-].O=C([O-])[O-].[Ca+2].[Sr+2]. The van der Waals surface area contributed by atoms with Crippen molar-refractivity contribution in [2.45, 2.75) is 13.8 Å². The number of hydrogen-bond donors (Lipinski definition) is 0. The summed E-state index contributed by atoms with van der Waals surface area (Å²) in [6.45, 7) is 1.94. The number of hydrogen-bond acceptors (Lipinski definition) is 7. The Kier molecular flexibility index (Phi) is 49.6. The second kappa shape index (κ2) is 23.6. The standard InChI is InChI=1S/2C2H4O2.CH2O3.Ca.Sr/c2*1-2(3)4;2-1(3)4;;/h2*1H3,(H,3,4);(H2,2,3,4);;/q;;;2*+2/p-4. The predicted octanol–water partition coefficient (Wildman–Crippen LogP) is -5.70. The molecule has 0 aromatic carbocycles. The Balaban J connectivity index is -0.0000000270. The summed E-state index contributed by atoms with van der Waals surface area (Å²) in [6, 6.07) is 0. The van der Waals surface area contributed by atoms with Crippen molar-refractivity contribution in [1.29, 1.82) is 0 Å². The zero-order valence-corrected chi connectivity index (χ0v) is 13.5. The Hall–Kier alpha value is 0.950. The first-order valence-corrected chi connectivity index (χ1v) is 2.43. The van der Waals surface area contributed by atoms with E-state index in [1.54, 1.807) is 0 Å². The Labute approximate surface area is 147 Å². The van der Waals surface area contributed by atoms with Crippen LogP contribution in [0.3, 0.4) is 0 Å². The average Bonchev–Trinajstić information content (AvgIpc) is 1.54. The van der Waals surface area contributed by atoms with Crippen LogP contribution >= 0.6 is 0 Å². The van der Waals surface area contributed by atoms with Crippen molar-refractivity contribution < 1.29 is 34.8 Å². The number of carbonyl (C=O) groups is 3.